The monoisotopic (exact) mass is 338 g/mol. The molecule has 0 saturated heterocycles. The summed E-state index contributed by atoms with van der Waals surface area (Å²) in [7, 11) is 1.89. The molecular weight excluding hydrogens is 316 g/mol. The van der Waals surface area contributed by atoms with E-state index in [1.807, 2.05) is 50.6 Å². The molecule has 0 fully saturated rings. The van der Waals surface area contributed by atoms with Gasteiger partial charge in [0.2, 0.25) is 0 Å². The lowest BCUT2D eigenvalue weighted by Gasteiger charge is -2.15. The molecule has 0 bridgehead atoms. The minimum atomic E-state index is 0.0813. The largest absolute Gasteiger partial charge is 0.396 e. The van der Waals surface area contributed by atoms with Gasteiger partial charge in [0.25, 0.3) is 0 Å². The molecule has 0 aliphatic heterocycles. The Kier molecular flexibility index (Phi) is 5.35. The molecule has 0 unspecified atom stereocenters. The van der Waals surface area contributed by atoms with E-state index >= 15 is 0 Å². The van der Waals surface area contributed by atoms with E-state index in [9.17, 15) is 5.11 Å². The highest BCUT2D eigenvalue weighted by Gasteiger charge is 2.12. The SMILES string of the molecule is Cc1cc(NC[C@@H](CO)Cc2cnn(C)c2)nc(-c2ccccn2)n1. The third-order valence-corrected chi connectivity index (χ3v) is 3.86. The fourth-order valence-electron chi connectivity index (χ4n) is 2.63. The van der Waals surface area contributed by atoms with Gasteiger partial charge in [-0.1, -0.05) is 6.07 Å². The summed E-state index contributed by atoms with van der Waals surface area (Å²) in [6.07, 6.45) is 6.28. The number of hydrogen-bond acceptors (Lipinski definition) is 6. The zero-order valence-corrected chi connectivity index (χ0v) is 14.4. The van der Waals surface area contributed by atoms with Crippen LogP contribution in [0.1, 0.15) is 11.3 Å². The van der Waals surface area contributed by atoms with Crippen molar-refractivity contribution >= 4 is 5.82 Å². The zero-order chi connectivity index (χ0) is 17.6. The Labute approximate surface area is 146 Å². The molecule has 0 radical (unpaired) electrons. The number of nitrogens with zero attached hydrogens (tertiary/aromatic N) is 5. The molecule has 0 aliphatic carbocycles. The van der Waals surface area contributed by atoms with Gasteiger partial charge >= 0.3 is 0 Å². The van der Waals surface area contributed by atoms with Gasteiger partial charge in [0.15, 0.2) is 5.82 Å². The normalized spacial score (nSPS) is 12.1. The van der Waals surface area contributed by atoms with Crippen LogP contribution in [0.5, 0.6) is 0 Å². The van der Waals surface area contributed by atoms with Gasteiger partial charge in [-0.25, -0.2) is 9.97 Å². The van der Waals surface area contributed by atoms with Gasteiger partial charge in [0.05, 0.1) is 6.20 Å². The Morgan fingerprint density at radius 1 is 1.28 bits per heavy atom. The van der Waals surface area contributed by atoms with Gasteiger partial charge in [-0.05, 0) is 31.0 Å². The fourth-order valence-corrected chi connectivity index (χ4v) is 2.63. The standard InChI is InChI=1S/C18H22N6O/c1-13-7-17(23-18(22-13)16-5-3-4-6-19-16)20-9-15(12-25)8-14-10-21-24(2)11-14/h3-7,10-11,15,25H,8-9,12H2,1-2H3,(H,20,22,23)/t15-/m0/s1. The van der Waals surface area contributed by atoms with E-state index in [2.05, 4.69) is 25.4 Å². The second-order valence-electron chi connectivity index (χ2n) is 6.09. The van der Waals surface area contributed by atoms with Crippen LogP contribution in [-0.4, -0.2) is 43.0 Å². The molecule has 3 heterocycles. The van der Waals surface area contributed by atoms with Crippen LogP contribution in [0, 0.1) is 12.8 Å². The Bertz CT molecular complexity index is 817. The van der Waals surface area contributed by atoms with Crippen molar-refractivity contribution in [2.75, 3.05) is 18.5 Å². The highest BCUT2D eigenvalue weighted by atomic mass is 16.3. The van der Waals surface area contributed by atoms with Crippen LogP contribution in [0.2, 0.25) is 0 Å². The van der Waals surface area contributed by atoms with Crippen molar-refractivity contribution in [3.63, 3.8) is 0 Å². The molecule has 0 spiro atoms. The molecule has 0 aromatic carbocycles. The Morgan fingerprint density at radius 3 is 2.84 bits per heavy atom. The third kappa shape index (κ3) is 4.60. The number of aliphatic hydroxyl groups is 1. The van der Waals surface area contributed by atoms with Crippen molar-refractivity contribution in [3.05, 3.63) is 54.1 Å². The minimum absolute atomic E-state index is 0.0813. The molecule has 3 aromatic heterocycles. The predicted octanol–water partition coefficient (Wildman–Crippen LogP) is 1.84. The molecule has 2 N–H and O–H groups in total. The number of aryl methyl sites for hydroxylation is 2. The lowest BCUT2D eigenvalue weighted by molar-refractivity contribution is 0.232. The molecule has 0 aliphatic rings. The van der Waals surface area contributed by atoms with Crippen LogP contribution in [0.25, 0.3) is 11.5 Å². The smallest absolute Gasteiger partial charge is 0.180 e. The lowest BCUT2D eigenvalue weighted by atomic mass is 10.0. The molecular formula is C18H22N6O. The average Bonchev–Trinajstić information content (AvgIpc) is 3.04. The van der Waals surface area contributed by atoms with Gasteiger partial charge in [0, 0.05) is 50.3 Å². The van der Waals surface area contributed by atoms with E-state index in [0.717, 1.165) is 29.2 Å². The summed E-state index contributed by atoms with van der Waals surface area (Å²) in [5.41, 5.74) is 2.71. The van der Waals surface area contributed by atoms with Gasteiger partial charge in [0.1, 0.15) is 11.5 Å². The molecule has 3 rings (SSSR count). The average molecular weight is 338 g/mol. The summed E-state index contributed by atoms with van der Waals surface area (Å²) in [6, 6.07) is 7.56. The van der Waals surface area contributed by atoms with E-state index in [-0.39, 0.29) is 12.5 Å². The van der Waals surface area contributed by atoms with E-state index in [4.69, 9.17) is 0 Å². The number of aromatic nitrogens is 5. The van der Waals surface area contributed by atoms with E-state index in [1.54, 1.807) is 10.9 Å². The summed E-state index contributed by atoms with van der Waals surface area (Å²) in [6.45, 7) is 2.64. The molecule has 7 nitrogen and oxygen atoms in total. The molecule has 1 atom stereocenters. The van der Waals surface area contributed by atoms with E-state index < -0.39 is 0 Å². The first-order valence-electron chi connectivity index (χ1n) is 8.23. The van der Waals surface area contributed by atoms with Crippen molar-refractivity contribution in [2.24, 2.45) is 13.0 Å². The summed E-state index contributed by atoms with van der Waals surface area (Å²) < 4.78 is 1.77. The summed E-state index contributed by atoms with van der Waals surface area (Å²) in [5.74, 6) is 1.41. The van der Waals surface area contributed by atoms with Crippen molar-refractivity contribution in [2.45, 2.75) is 13.3 Å². The zero-order valence-electron chi connectivity index (χ0n) is 14.4. The maximum absolute atomic E-state index is 9.65. The molecule has 130 valence electrons. The van der Waals surface area contributed by atoms with Gasteiger partial charge < -0.3 is 10.4 Å². The topological polar surface area (TPSA) is 88.8 Å². The summed E-state index contributed by atoms with van der Waals surface area (Å²) in [5, 5.41) is 17.1. The number of nitrogens with one attached hydrogen (secondary N) is 1. The van der Waals surface area contributed by atoms with Crippen LogP contribution in [-0.2, 0) is 13.5 Å². The molecule has 7 heteroatoms. The summed E-state index contributed by atoms with van der Waals surface area (Å²) >= 11 is 0. The fraction of sp³-hybridized carbons (Fsp3) is 0.333. The van der Waals surface area contributed by atoms with Crippen LogP contribution in [0.4, 0.5) is 5.82 Å². The first-order valence-corrected chi connectivity index (χ1v) is 8.23. The maximum atomic E-state index is 9.65. The maximum Gasteiger partial charge on any atom is 0.180 e. The van der Waals surface area contributed by atoms with Crippen LogP contribution >= 0.6 is 0 Å². The number of pyridine rings is 1. The van der Waals surface area contributed by atoms with Crippen molar-refractivity contribution < 1.29 is 5.11 Å². The Hall–Kier alpha value is -2.80. The second kappa shape index (κ2) is 7.85. The van der Waals surface area contributed by atoms with Gasteiger partial charge in [-0.2, -0.15) is 5.10 Å². The molecule has 0 saturated carbocycles. The quantitative estimate of drug-likeness (QED) is 0.683. The number of hydrogen-bond donors (Lipinski definition) is 2. The van der Waals surface area contributed by atoms with E-state index in [0.29, 0.717) is 12.4 Å². The molecule has 0 amide bonds. The minimum Gasteiger partial charge on any atom is -0.396 e. The molecule has 3 aromatic rings. The van der Waals surface area contributed by atoms with Crippen LogP contribution in [0.3, 0.4) is 0 Å². The van der Waals surface area contributed by atoms with Crippen LogP contribution < -0.4 is 5.32 Å². The van der Waals surface area contributed by atoms with Crippen molar-refractivity contribution in [1.29, 1.82) is 0 Å². The van der Waals surface area contributed by atoms with Gasteiger partial charge in [-0.15, -0.1) is 0 Å². The lowest BCUT2D eigenvalue weighted by Crippen LogP contribution is -2.21. The first-order chi connectivity index (χ1) is 12.1. The van der Waals surface area contributed by atoms with E-state index in [1.165, 1.54) is 0 Å². The number of anilines is 1. The van der Waals surface area contributed by atoms with Crippen LogP contribution in [0.15, 0.2) is 42.9 Å². The molecule has 25 heavy (non-hydrogen) atoms. The summed E-state index contributed by atoms with van der Waals surface area (Å²) in [4.78, 5) is 13.3. The highest BCUT2D eigenvalue weighted by molar-refractivity contribution is 5.52. The number of aliphatic hydroxyl groups excluding tert-OH is 1. The Balaban J connectivity index is 1.68. The number of rotatable bonds is 7. The third-order valence-electron chi connectivity index (χ3n) is 3.86. The predicted molar refractivity (Wildman–Crippen MR) is 96.0 cm³/mol. The second-order valence-corrected chi connectivity index (χ2v) is 6.09. The highest BCUT2D eigenvalue weighted by Crippen LogP contribution is 2.16. The first kappa shape index (κ1) is 17.0. The Morgan fingerprint density at radius 2 is 2.16 bits per heavy atom. The van der Waals surface area contributed by atoms with Crippen molar-refractivity contribution in [3.8, 4) is 11.5 Å². The van der Waals surface area contributed by atoms with Gasteiger partial charge in [-0.3, -0.25) is 9.67 Å². The van der Waals surface area contributed by atoms with Crippen molar-refractivity contribution in [1.82, 2.24) is 24.7 Å².